The normalized spacial score (nSPS) is 18.3. The second-order valence-electron chi connectivity index (χ2n) is 4.83. The molecular weight excluding hydrogens is 226 g/mol. The Morgan fingerprint density at radius 3 is 2.50 bits per heavy atom. The number of ether oxygens (including phenoxy) is 1. The first-order valence-corrected chi connectivity index (χ1v) is 6.67. The smallest absolute Gasteiger partial charge is 0.323 e. The van der Waals surface area contributed by atoms with E-state index in [1.165, 1.54) is 31.9 Å². The first kappa shape index (κ1) is 13.1. The van der Waals surface area contributed by atoms with E-state index in [1.807, 2.05) is 18.2 Å². The Hall–Kier alpha value is -1.35. The number of hydrogen-bond donors (Lipinski definition) is 0. The Morgan fingerprint density at radius 1 is 1.22 bits per heavy atom. The van der Waals surface area contributed by atoms with Crippen LogP contribution in [-0.2, 0) is 16.0 Å². The van der Waals surface area contributed by atoms with E-state index in [2.05, 4.69) is 17.0 Å². The van der Waals surface area contributed by atoms with E-state index < -0.39 is 0 Å². The number of nitrogens with zero attached hydrogens (tertiary/aromatic N) is 1. The summed E-state index contributed by atoms with van der Waals surface area (Å²) in [6.45, 7) is 2.01. The Balaban J connectivity index is 2.07. The highest BCUT2D eigenvalue weighted by atomic mass is 16.5. The molecule has 98 valence electrons. The summed E-state index contributed by atoms with van der Waals surface area (Å²) in [7, 11) is 1.48. The van der Waals surface area contributed by atoms with Gasteiger partial charge in [0, 0.05) is 0 Å². The van der Waals surface area contributed by atoms with Crippen LogP contribution in [0.4, 0.5) is 0 Å². The molecule has 3 heteroatoms. The quantitative estimate of drug-likeness (QED) is 0.764. The van der Waals surface area contributed by atoms with Gasteiger partial charge in [0.05, 0.1) is 7.11 Å². The van der Waals surface area contributed by atoms with Crippen molar-refractivity contribution in [1.29, 1.82) is 0 Å². The Morgan fingerprint density at radius 2 is 1.89 bits per heavy atom. The molecule has 1 atom stereocenters. The number of likely N-dealkylation sites (tertiary alicyclic amines) is 1. The molecule has 0 aliphatic carbocycles. The largest absolute Gasteiger partial charge is 0.468 e. The van der Waals surface area contributed by atoms with Gasteiger partial charge in [0.2, 0.25) is 0 Å². The molecule has 0 aromatic heterocycles. The highest BCUT2D eigenvalue weighted by Crippen LogP contribution is 2.16. The van der Waals surface area contributed by atoms with Gasteiger partial charge in [-0.2, -0.15) is 0 Å². The minimum atomic E-state index is -0.127. The second-order valence-corrected chi connectivity index (χ2v) is 4.83. The maximum absolute atomic E-state index is 12.0. The van der Waals surface area contributed by atoms with Crippen LogP contribution in [0.5, 0.6) is 0 Å². The zero-order valence-electron chi connectivity index (χ0n) is 11.0. The summed E-state index contributed by atoms with van der Waals surface area (Å²) in [5.41, 5.74) is 1.19. The summed E-state index contributed by atoms with van der Waals surface area (Å²) in [5.74, 6) is -0.110. The Kier molecular flexibility index (Phi) is 4.76. The second kappa shape index (κ2) is 6.55. The highest BCUT2D eigenvalue weighted by Gasteiger charge is 2.27. The zero-order chi connectivity index (χ0) is 12.8. The Labute approximate surface area is 109 Å². The molecule has 1 saturated heterocycles. The molecule has 0 bridgehead atoms. The van der Waals surface area contributed by atoms with E-state index in [-0.39, 0.29) is 12.0 Å². The molecule has 1 fully saturated rings. The summed E-state index contributed by atoms with van der Waals surface area (Å²) < 4.78 is 4.96. The van der Waals surface area contributed by atoms with Crippen LogP contribution in [0.3, 0.4) is 0 Å². The third-order valence-corrected chi connectivity index (χ3v) is 3.58. The average molecular weight is 247 g/mol. The van der Waals surface area contributed by atoms with Gasteiger partial charge >= 0.3 is 5.97 Å². The van der Waals surface area contributed by atoms with Gasteiger partial charge < -0.3 is 4.74 Å². The Bertz CT molecular complexity index is 371. The van der Waals surface area contributed by atoms with Gasteiger partial charge in [0.15, 0.2) is 0 Å². The third kappa shape index (κ3) is 3.33. The van der Waals surface area contributed by atoms with Crippen molar-refractivity contribution in [3.8, 4) is 0 Å². The first-order chi connectivity index (χ1) is 8.81. The number of carbonyl (C=O) groups is 1. The van der Waals surface area contributed by atoms with E-state index >= 15 is 0 Å². The lowest BCUT2D eigenvalue weighted by molar-refractivity contribution is -0.147. The summed E-state index contributed by atoms with van der Waals surface area (Å²) in [6, 6.07) is 10.0. The molecule has 1 aliphatic rings. The SMILES string of the molecule is COC(=O)[C@H](Cc1ccccc1)N1CCCCC1. The maximum atomic E-state index is 12.0. The molecule has 18 heavy (non-hydrogen) atoms. The van der Waals surface area contributed by atoms with Gasteiger partial charge in [0.1, 0.15) is 6.04 Å². The summed E-state index contributed by atoms with van der Waals surface area (Å²) in [5, 5.41) is 0. The molecule has 0 unspecified atom stereocenters. The number of piperidine rings is 1. The predicted molar refractivity (Wildman–Crippen MR) is 71.4 cm³/mol. The molecule has 0 saturated carbocycles. The molecule has 1 aromatic rings. The monoisotopic (exact) mass is 247 g/mol. The van der Waals surface area contributed by atoms with Crippen molar-refractivity contribution >= 4 is 5.97 Å². The van der Waals surface area contributed by atoms with Crippen molar-refractivity contribution < 1.29 is 9.53 Å². The van der Waals surface area contributed by atoms with E-state index in [4.69, 9.17) is 4.74 Å². The van der Waals surface area contributed by atoms with Crippen molar-refractivity contribution in [3.05, 3.63) is 35.9 Å². The van der Waals surface area contributed by atoms with E-state index in [0.717, 1.165) is 19.5 Å². The number of rotatable bonds is 4. The van der Waals surface area contributed by atoms with Crippen LogP contribution >= 0.6 is 0 Å². The van der Waals surface area contributed by atoms with Crippen LogP contribution in [-0.4, -0.2) is 37.1 Å². The zero-order valence-corrected chi connectivity index (χ0v) is 11.0. The van der Waals surface area contributed by atoms with Gasteiger partial charge in [0.25, 0.3) is 0 Å². The van der Waals surface area contributed by atoms with Crippen LogP contribution in [0.2, 0.25) is 0 Å². The van der Waals surface area contributed by atoms with Crippen LogP contribution in [0.1, 0.15) is 24.8 Å². The number of esters is 1. The van der Waals surface area contributed by atoms with E-state index in [9.17, 15) is 4.79 Å². The number of methoxy groups -OCH3 is 1. The van der Waals surface area contributed by atoms with Crippen molar-refractivity contribution in [2.45, 2.75) is 31.7 Å². The molecule has 1 heterocycles. The average Bonchev–Trinajstić information content (AvgIpc) is 2.46. The fourth-order valence-electron chi connectivity index (χ4n) is 2.56. The molecule has 0 amide bonds. The van der Waals surface area contributed by atoms with E-state index in [1.54, 1.807) is 0 Å². The molecule has 0 spiro atoms. The van der Waals surface area contributed by atoms with Crippen LogP contribution < -0.4 is 0 Å². The van der Waals surface area contributed by atoms with Crippen molar-refractivity contribution in [3.63, 3.8) is 0 Å². The minimum Gasteiger partial charge on any atom is -0.468 e. The number of carbonyl (C=O) groups excluding carboxylic acids is 1. The van der Waals surface area contributed by atoms with Gasteiger partial charge in [-0.25, -0.2) is 0 Å². The molecule has 0 radical (unpaired) electrons. The van der Waals surface area contributed by atoms with Crippen LogP contribution in [0.25, 0.3) is 0 Å². The third-order valence-electron chi connectivity index (χ3n) is 3.58. The summed E-state index contributed by atoms with van der Waals surface area (Å²) in [6.07, 6.45) is 4.38. The standard InChI is InChI=1S/C15H21NO2/c1-18-15(17)14(16-10-6-3-7-11-16)12-13-8-4-2-5-9-13/h2,4-5,8-9,14H,3,6-7,10-12H2,1H3/t14-/m0/s1. The fraction of sp³-hybridized carbons (Fsp3) is 0.533. The van der Waals surface area contributed by atoms with Gasteiger partial charge in [-0.05, 0) is 37.9 Å². The van der Waals surface area contributed by atoms with Crippen LogP contribution in [0.15, 0.2) is 30.3 Å². The molecular formula is C15H21NO2. The van der Waals surface area contributed by atoms with Crippen molar-refractivity contribution in [2.75, 3.05) is 20.2 Å². The summed E-state index contributed by atoms with van der Waals surface area (Å²) in [4.78, 5) is 14.2. The van der Waals surface area contributed by atoms with Crippen molar-refractivity contribution in [1.82, 2.24) is 4.90 Å². The number of hydrogen-bond acceptors (Lipinski definition) is 3. The number of benzene rings is 1. The van der Waals surface area contributed by atoms with Gasteiger partial charge in [-0.1, -0.05) is 36.8 Å². The molecule has 1 aliphatic heterocycles. The topological polar surface area (TPSA) is 29.5 Å². The van der Waals surface area contributed by atoms with Crippen LogP contribution in [0, 0.1) is 0 Å². The minimum absolute atomic E-state index is 0.110. The maximum Gasteiger partial charge on any atom is 0.323 e. The lowest BCUT2D eigenvalue weighted by Gasteiger charge is -2.32. The summed E-state index contributed by atoms with van der Waals surface area (Å²) >= 11 is 0. The highest BCUT2D eigenvalue weighted by molar-refractivity contribution is 5.76. The lowest BCUT2D eigenvalue weighted by atomic mass is 10.0. The van der Waals surface area contributed by atoms with Crippen molar-refractivity contribution in [2.24, 2.45) is 0 Å². The van der Waals surface area contributed by atoms with Gasteiger partial charge in [-0.3, -0.25) is 9.69 Å². The first-order valence-electron chi connectivity index (χ1n) is 6.67. The molecule has 2 rings (SSSR count). The molecule has 3 nitrogen and oxygen atoms in total. The van der Waals surface area contributed by atoms with Gasteiger partial charge in [-0.15, -0.1) is 0 Å². The fourth-order valence-corrected chi connectivity index (χ4v) is 2.56. The molecule has 1 aromatic carbocycles. The van der Waals surface area contributed by atoms with E-state index in [0.29, 0.717) is 0 Å². The predicted octanol–water partition coefficient (Wildman–Crippen LogP) is 2.26. The lowest BCUT2D eigenvalue weighted by Crippen LogP contribution is -2.45. The molecule has 0 N–H and O–H groups in total.